The minimum absolute atomic E-state index is 0.206. The van der Waals surface area contributed by atoms with Gasteiger partial charge in [-0.2, -0.15) is 5.10 Å². The van der Waals surface area contributed by atoms with Crippen LogP contribution in [0.3, 0.4) is 0 Å². The normalized spacial score (nSPS) is 10.7. The van der Waals surface area contributed by atoms with Crippen LogP contribution in [-0.2, 0) is 13.1 Å². The van der Waals surface area contributed by atoms with Gasteiger partial charge >= 0.3 is 5.97 Å². The quantitative estimate of drug-likeness (QED) is 0.480. The third kappa shape index (κ3) is 4.40. The Hall–Kier alpha value is -4.13. The van der Waals surface area contributed by atoms with E-state index in [2.05, 4.69) is 10.4 Å². The number of methoxy groups -OCH3 is 1. The van der Waals surface area contributed by atoms with Crippen molar-refractivity contribution in [2.75, 3.05) is 7.11 Å². The number of carbonyl (C=O) groups is 2. The van der Waals surface area contributed by atoms with Crippen LogP contribution in [0.1, 0.15) is 32.0 Å². The van der Waals surface area contributed by atoms with Gasteiger partial charge in [0.25, 0.3) is 5.91 Å². The van der Waals surface area contributed by atoms with Crippen molar-refractivity contribution >= 4 is 22.8 Å². The summed E-state index contributed by atoms with van der Waals surface area (Å²) in [7, 11) is 1.61. The zero-order valence-electron chi connectivity index (χ0n) is 16.9. The average molecular weight is 415 g/mol. The maximum absolute atomic E-state index is 13.1. The maximum atomic E-state index is 13.1. The molecular weight excluding hydrogens is 394 g/mol. The van der Waals surface area contributed by atoms with Crippen LogP contribution in [0.15, 0.2) is 72.8 Å². The van der Waals surface area contributed by atoms with Gasteiger partial charge in [0.1, 0.15) is 11.4 Å². The fraction of sp³-hybridized carbons (Fsp3) is 0.125. The Morgan fingerprint density at radius 3 is 2.52 bits per heavy atom. The van der Waals surface area contributed by atoms with Gasteiger partial charge in [-0.05, 0) is 41.5 Å². The lowest BCUT2D eigenvalue weighted by atomic mass is 10.1. The summed E-state index contributed by atoms with van der Waals surface area (Å²) in [6, 6.07) is 21.6. The van der Waals surface area contributed by atoms with Gasteiger partial charge in [0.2, 0.25) is 0 Å². The smallest absolute Gasteiger partial charge is 0.335 e. The van der Waals surface area contributed by atoms with E-state index in [0.717, 1.165) is 27.8 Å². The number of rotatable bonds is 7. The first-order valence-electron chi connectivity index (χ1n) is 9.74. The number of hydrogen-bond donors (Lipinski definition) is 2. The summed E-state index contributed by atoms with van der Waals surface area (Å²) in [5, 5.41) is 17.3. The topological polar surface area (TPSA) is 93.5 Å². The number of aromatic nitrogens is 2. The molecular formula is C24H21N3O4. The number of carboxylic acid groups (broad SMARTS) is 1. The van der Waals surface area contributed by atoms with E-state index in [-0.39, 0.29) is 18.0 Å². The van der Waals surface area contributed by atoms with Crippen LogP contribution in [0.4, 0.5) is 0 Å². The second kappa shape index (κ2) is 8.71. The second-order valence-corrected chi connectivity index (χ2v) is 7.06. The van der Waals surface area contributed by atoms with E-state index >= 15 is 0 Å². The molecule has 3 aromatic carbocycles. The molecule has 0 radical (unpaired) electrons. The molecule has 0 saturated carbocycles. The Bertz CT molecular complexity index is 1250. The summed E-state index contributed by atoms with van der Waals surface area (Å²) in [6.07, 6.45) is 0. The van der Waals surface area contributed by atoms with Crippen LogP contribution in [0, 0.1) is 0 Å². The van der Waals surface area contributed by atoms with Crippen molar-refractivity contribution < 1.29 is 19.4 Å². The highest BCUT2D eigenvalue weighted by atomic mass is 16.5. The Morgan fingerprint density at radius 1 is 1.00 bits per heavy atom. The number of nitrogens with one attached hydrogen (secondary N) is 1. The van der Waals surface area contributed by atoms with Crippen LogP contribution in [-0.4, -0.2) is 33.9 Å². The Labute approximate surface area is 178 Å². The predicted octanol–water partition coefficient (Wildman–Crippen LogP) is 3.72. The molecule has 1 heterocycles. The molecule has 0 unspecified atom stereocenters. The number of ether oxygens (including phenoxy) is 1. The highest BCUT2D eigenvalue weighted by molar-refractivity contribution is 6.05. The van der Waals surface area contributed by atoms with Crippen molar-refractivity contribution in [3.63, 3.8) is 0 Å². The lowest BCUT2D eigenvalue weighted by molar-refractivity contribution is 0.0696. The van der Waals surface area contributed by atoms with Gasteiger partial charge in [0.15, 0.2) is 0 Å². The first kappa shape index (κ1) is 20.2. The standard InChI is InChI=1S/C24H21N3O4/c1-31-19-6-4-5-17(13-19)15-27-22(20-7-2-3-8-21(20)26-27)23(28)25-14-16-9-11-18(12-10-16)24(29)30/h2-13H,14-15H2,1H3,(H,25,28)(H,29,30). The van der Waals surface area contributed by atoms with Crippen molar-refractivity contribution in [1.82, 2.24) is 15.1 Å². The van der Waals surface area contributed by atoms with Crippen molar-refractivity contribution in [3.8, 4) is 5.75 Å². The number of carboxylic acids is 1. The van der Waals surface area contributed by atoms with Crippen LogP contribution < -0.4 is 10.1 Å². The van der Waals surface area contributed by atoms with Crippen LogP contribution in [0.25, 0.3) is 10.9 Å². The third-order valence-electron chi connectivity index (χ3n) is 4.98. The number of aromatic carboxylic acids is 1. The minimum atomic E-state index is -0.983. The molecule has 156 valence electrons. The highest BCUT2D eigenvalue weighted by Crippen LogP contribution is 2.21. The third-order valence-corrected chi connectivity index (χ3v) is 4.98. The van der Waals surface area contributed by atoms with E-state index in [1.54, 1.807) is 23.9 Å². The highest BCUT2D eigenvalue weighted by Gasteiger charge is 2.18. The number of carbonyl (C=O) groups excluding carboxylic acids is 1. The molecule has 0 saturated heterocycles. The SMILES string of the molecule is COc1cccc(Cn2nc3ccccc3c2C(=O)NCc2ccc(C(=O)O)cc2)c1. The molecule has 1 amide bonds. The molecule has 4 rings (SSSR count). The maximum Gasteiger partial charge on any atom is 0.335 e. The molecule has 0 aliphatic heterocycles. The zero-order chi connectivity index (χ0) is 21.8. The average Bonchev–Trinajstić information content (AvgIpc) is 3.15. The predicted molar refractivity (Wildman–Crippen MR) is 116 cm³/mol. The molecule has 31 heavy (non-hydrogen) atoms. The molecule has 0 fully saturated rings. The van der Waals surface area contributed by atoms with Gasteiger partial charge in [-0.1, -0.05) is 42.5 Å². The first-order chi connectivity index (χ1) is 15.0. The van der Waals surface area contributed by atoms with Gasteiger partial charge in [-0.25, -0.2) is 4.79 Å². The van der Waals surface area contributed by atoms with Crippen molar-refractivity contribution in [1.29, 1.82) is 0 Å². The summed E-state index contributed by atoms with van der Waals surface area (Å²) >= 11 is 0. The second-order valence-electron chi connectivity index (χ2n) is 7.06. The van der Waals surface area contributed by atoms with E-state index in [1.165, 1.54) is 12.1 Å². The summed E-state index contributed by atoms with van der Waals surface area (Å²) in [4.78, 5) is 24.1. The summed E-state index contributed by atoms with van der Waals surface area (Å²) < 4.78 is 6.99. The van der Waals surface area contributed by atoms with Crippen molar-refractivity contribution in [3.05, 3.63) is 95.2 Å². The van der Waals surface area contributed by atoms with E-state index in [0.29, 0.717) is 12.2 Å². The zero-order valence-corrected chi connectivity index (χ0v) is 16.9. The molecule has 7 nitrogen and oxygen atoms in total. The molecule has 4 aromatic rings. The van der Waals surface area contributed by atoms with Gasteiger partial charge in [0, 0.05) is 11.9 Å². The largest absolute Gasteiger partial charge is 0.497 e. The molecule has 0 atom stereocenters. The van der Waals surface area contributed by atoms with Crippen LogP contribution in [0.5, 0.6) is 5.75 Å². The molecule has 0 aliphatic rings. The summed E-state index contributed by atoms with van der Waals surface area (Å²) in [5.41, 5.74) is 3.19. The first-order valence-corrected chi connectivity index (χ1v) is 9.74. The summed E-state index contributed by atoms with van der Waals surface area (Å²) in [6.45, 7) is 0.694. The molecule has 7 heteroatoms. The van der Waals surface area contributed by atoms with Crippen LogP contribution >= 0.6 is 0 Å². The van der Waals surface area contributed by atoms with Crippen LogP contribution in [0.2, 0.25) is 0 Å². The monoisotopic (exact) mass is 415 g/mol. The molecule has 0 bridgehead atoms. The van der Waals surface area contributed by atoms with Gasteiger partial charge in [-0.15, -0.1) is 0 Å². The van der Waals surface area contributed by atoms with E-state index in [1.807, 2.05) is 48.5 Å². The fourth-order valence-corrected chi connectivity index (χ4v) is 3.41. The summed E-state index contributed by atoms with van der Waals surface area (Å²) in [5.74, 6) is -0.493. The number of benzene rings is 3. The molecule has 1 aromatic heterocycles. The minimum Gasteiger partial charge on any atom is -0.497 e. The van der Waals surface area contributed by atoms with Gasteiger partial charge in [-0.3, -0.25) is 9.48 Å². The van der Waals surface area contributed by atoms with Gasteiger partial charge in [0.05, 0.1) is 24.7 Å². The number of hydrogen-bond acceptors (Lipinski definition) is 4. The van der Waals surface area contributed by atoms with Crippen molar-refractivity contribution in [2.45, 2.75) is 13.1 Å². The number of nitrogens with zero attached hydrogens (tertiary/aromatic N) is 2. The number of amides is 1. The van der Waals surface area contributed by atoms with E-state index < -0.39 is 5.97 Å². The van der Waals surface area contributed by atoms with Crippen molar-refractivity contribution in [2.24, 2.45) is 0 Å². The molecule has 2 N–H and O–H groups in total. The molecule has 0 aliphatic carbocycles. The van der Waals surface area contributed by atoms with E-state index in [9.17, 15) is 9.59 Å². The number of fused-ring (bicyclic) bond motifs is 1. The van der Waals surface area contributed by atoms with Gasteiger partial charge < -0.3 is 15.2 Å². The Morgan fingerprint density at radius 2 is 1.77 bits per heavy atom. The molecule has 0 spiro atoms. The Balaban J connectivity index is 1.59. The lowest BCUT2D eigenvalue weighted by Gasteiger charge is -2.10. The lowest BCUT2D eigenvalue weighted by Crippen LogP contribution is -2.26. The fourth-order valence-electron chi connectivity index (χ4n) is 3.41. The Kier molecular flexibility index (Phi) is 5.66. The van der Waals surface area contributed by atoms with E-state index in [4.69, 9.17) is 9.84 Å².